The van der Waals surface area contributed by atoms with Crippen molar-refractivity contribution >= 4 is 0 Å². The Morgan fingerprint density at radius 3 is 3.00 bits per heavy atom. The third-order valence-corrected chi connectivity index (χ3v) is 1.26. The minimum absolute atomic E-state index is 0.431. The van der Waals surface area contributed by atoms with Crippen LogP contribution in [0.3, 0.4) is 0 Å². The first kappa shape index (κ1) is 6.36. The zero-order valence-corrected chi connectivity index (χ0v) is 5.37. The van der Waals surface area contributed by atoms with Crippen molar-refractivity contribution < 1.29 is 9.52 Å². The van der Waals surface area contributed by atoms with Crippen LogP contribution in [0.25, 0.3) is 0 Å². The molecule has 0 radical (unpaired) electrons. The Hall–Kier alpha value is -0.760. The number of hydrogen-bond acceptors (Lipinski definition) is 2. The van der Waals surface area contributed by atoms with Crippen molar-refractivity contribution in [3.05, 3.63) is 24.2 Å². The molecule has 0 spiro atoms. The van der Waals surface area contributed by atoms with E-state index in [4.69, 9.17) is 9.52 Å². The van der Waals surface area contributed by atoms with Crippen molar-refractivity contribution in [1.82, 2.24) is 0 Å². The zero-order chi connectivity index (χ0) is 6.69. The summed E-state index contributed by atoms with van der Waals surface area (Å²) in [6.07, 6.45) is 1.84. The van der Waals surface area contributed by atoms with E-state index in [-0.39, 0.29) is 0 Å². The van der Waals surface area contributed by atoms with E-state index >= 15 is 0 Å². The molecule has 0 fully saturated rings. The Morgan fingerprint density at radius 1 is 1.78 bits per heavy atom. The van der Waals surface area contributed by atoms with Gasteiger partial charge in [-0.2, -0.15) is 0 Å². The molecule has 1 aromatic heterocycles. The Bertz CT molecular complexity index is 155. The predicted octanol–water partition coefficient (Wildman–Crippen LogP) is 1.72. The topological polar surface area (TPSA) is 33.4 Å². The second-order valence-electron chi connectivity index (χ2n) is 1.94. The van der Waals surface area contributed by atoms with Crippen LogP contribution >= 0.6 is 0 Å². The van der Waals surface area contributed by atoms with Gasteiger partial charge in [0.15, 0.2) is 0 Å². The lowest BCUT2D eigenvalue weighted by molar-refractivity contribution is 0.146. The number of hydrogen-bond donors (Lipinski definition) is 1. The summed E-state index contributed by atoms with van der Waals surface area (Å²) >= 11 is 0. The van der Waals surface area contributed by atoms with Gasteiger partial charge in [-0.3, -0.25) is 0 Å². The molecule has 2 heteroatoms. The minimum Gasteiger partial charge on any atom is -0.467 e. The van der Waals surface area contributed by atoms with Crippen LogP contribution in [-0.4, -0.2) is 5.11 Å². The molecule has 0 aliphatic rings. The quantitative estimate of drug-likeness (QED) is 0.654. The highest BCUT2D eigenvalue weighted by molar-refractivity contribution is 5.00. The fourth-order valence-corrected chi connectivity index (χ4v) is 0.682. The van der Waals surface area contributed by atoms with Gasteiger partial charge in [0.1, 0.15) is 11.9 Å². The smallest absolute Gasteiger partial charge is 0.132 e. The molecule has 0 aliphatic heterocycles. The van der Waals surface area contributed by atoms with Gasteiger partial charge in [0.2, 0.25) is 0 Å². The molecule has 1 rings (SSSR count). The lowest BCUT2D eigenvalue weighted by Gasteiger charge is -2.00. The van der Waals surface area contributed by atoms with Gasteiger partial charge in [0, 0.05) is 0 Å². The normalized spacial score (nSPS) is 13.6. The van der Waals surface area contributed by atoms with E-state index in [9.17, 15) is 0 Å². The van der Waals surface area contributed by atoms with E-state index < -0.39 is 6.10 Å². The summed E-state index contributed by atoms with van der Waals surface area (Å²) < 4.78 is 4.94. The van der Waals surface area contributed by atoms with Crippen LogP contribution in [0.5, 0.6) is 0 Å². The SMILES string of the molecule is CCC(O)c1ccco1. The molecule has 1 atom stereocenters. The third kappa shape index (κ3) is 1.33. The molecule has 50 valence electrons. The maximum Gasteiger partial charge on any atom is 0.132 e. The summed E-state index contributed by atoms with van der Waals surface area (Å²) in [5, 5.41) is 9.12. The number of rotatable bonds is 2. The molecule has 1 aromatic rings. The standard InChI is InChI=1S/C7H10O2/c1-2-6(8)7-4-3-5-9-7/h3-6,8H,2H2,1H3. The monoisotopic (exact) mass is 126 g/mol. The van der Waals surface area contributed by atoms with Crippen molar-refractivity contribution in [2.45, 2.75) is 19.4 Å². The molecule has 2 nitrogen and oxygen atoms in total. The van der Waals surface area contributed by atoms with Crippen LogP contribution in [0.2, 0.25) is 0 Å². The number of furan rings is 1. The maximum absolute atomic E-state index is 9.12. The summed E-state index contributed by atoms with van der Waals surface area (Å²) in [5.74, 6) is 0.650. The summed E-state index contributed by atoms with van der Waals surface area (Å²) in [5.41, 5.74) is 0. The van der Waals surface area contributed by atoms with E-state index in [1.807, 2.05) is 6.92 Å². The van der Waals surface area contributed by atoms with Crippen molar-refractivity contribution in [3.63, 3.8) is 0 Å². The summed E-state index contributed by atoms with van der Waals surface area (Å²) in [6, 6.07) is 3.54. The first-order valence-corrected chi connectivity index (χ1v) is 3.06. The van der Waals surface area contributed by atoms with E-state index in [1.54, 1.807) is 18.4 Å². The predicted molar refractivity (Wildman–Crippen MR) is 34.0 cm³/mol. The van der Waals surface area contributed by atoms with E-state index in [0.717, 1.165) is 0 Å². The lowest BCUT2D eigenvalue weighted by Crippen LogP contribution is -1.90. The first-order valence-electron chi connectivity index (χ1n) is 3.06. The van der Waals surface area contributed by atoms with Crippen LogP contribution in [0.15, 0.2) is 22.8 Å². The molecule has 0 bridgehead atoms. The molecular weight excluding hydrogens is 116 g/mol. The van der Waals surface area contributed by atoms with Crippen molar-refractivity contribution in [2.24, 2.45) is 0 Å². The first-order chi connectivity index (χ1) is 4.34. The molecule has 9 heavy (non-hydrogen) atoms. The highest BCUT2D eigenvalue weighted by Crippen LogP contribution is 2.15. The largest absolute Gasteiger partial charge is 0.467 e. The van der Waals surface area contributed by atoms with E-state index in [2.05, 4.69) is 0 Å². The molecule has 1 N–H and O–H groups in total. The minimum atomic E-state index is -0.431. The molecule has 1 unspecified atom stereocenters. The number of aliphatic hydroxyl groups excluding tert-OH is 1. The van der Waals surface area contributed by atoms with E-state index in [0.29, 0.717) is 12.2 Å². The Labute approximate surface area is 54.1 Å². The summed E-state index contributed by atoms with van der Waals surface area (Å²) in [7, 11) is 0. The van der Waals surface area contributed by atoms with Gasteiger partial charge in [-0.05, 0) is 18.6 Å². The third-order valence-electron chi connectivity index (χ3n) is 1.26. The molecule has 0 aliphatic carbocycles. The van der Waals surface area contributed by atoms with Crippen molar-refractivity contribution in [1.29, 1.82) is 0 Å². The Balaban J connectivity index is 2.65. The number of aliphatic hydroxyl groups is 1. The molecule has 0 saturated carbocycles. The average molecular weight is 126 g/mol. The molecule has 1 heterocycles. The van der Waals surface area contributed by atoms with E-state index in [1.165, 1.54) is 0 Å². The Kier molecular flexibility index (Phi) is 1.90. The van der Waals surface area contributed by atoms with Crippen LogP contribution in [0.1, 0.15) is 25.2 Å². The molecule has 0 amide bonds. The zero-order valence-electron chi connectivity index (χ0n) is 5.37. The van der Waals surface area contributed by atoms with Gasteiger partial charge in [-0.15, -0.1) is 0 Å². The molecule has 0 aromatic carbocycles. The lowest BCUT2D eigenvalue weighted by atomic mass is 10.2. The summed E-state index contributed by atoms with van der Waals surface area (Å²) in [6.45, 7) is 1.91. The maximum atomic E-state index is 9.12. The van der Waals surface area contributed by atoms with Gasteiger partial charge in [-0.25, -0.2) is 0 Å². The van der Waals surface area contributed by atoms with Gasteiger partial charge in [-0.1, -0.05) is 6.92 Å². The molecule has 0 saturated heterocycles. The van der Waals surface area contributed by atoms with Gasteiger partial charge < -0.3 is 9.52 Å². The summed E-state index contributed by atoms with van der Waals surface area (Å²) in [4.78, 5) is 0. The second kappa shape index (κ2) is 2.69. The van der Waals surface area contributed by atoms with Crippen LogP contribution in [0, 0.1) is 0 Å². The second-order valence-corrected chi connectivity index (χ2v) is 1.94. The van der Waals surface area contributed by atoms with Crippen molar-refractivity contribution in [3.8, 4) is 0 Å². The van der Waals surface area contributed by atoms with Crippen molar-refractivity contribution in [2.75, 3.05) is 0 Å². The van der Waals surface area contributed by atoms with Crippen LogP contribution < -0.4 is 0 Å². The fourth-order valence-electron chi connectivity index (χ4n) is 0.682. The van der Waals surface area contributed by atoms with Gasteiger partial charge in [0.05, 0.1) is 6.26 Å². The molecular formula is C7H10O2. The van der Waals surface area contributed by atoms with Crippen LogP contribution in [-0.2, 0) is 0 Å². The average Bonchev–Trinajstić information content (AvgIpc) is 2.37. The fraction of sp³-hybridized carbons (Fsp3) is 0.429. The highest BCUT2D eigenvalue weighted by Gasteiger charge is 2.05. The Morgan fingerprint density at radius 2 is 2.56 bits per heavy atom. The van der Waals surface area contributed by atoms with Gasteiger partial charge in [0.25, 0.3) is 0 Å². The van der Waals surface area contributed by atoms with Crippen LogP contribution in [0.4, 0.5) is 0 Å². The highest BCUT2D eigenvalue weighted by atomic mass is 16.4. The van der Waals surface area contributed by atoms with Gasteiger partial charge >= 0.3 is 0 Å².